The van der Waals surface area contributed by atoms with Gasteiger partial charge in [0.15, 0.2) is 5.65 Å². The SMILES string of the molecule is C=C1C(=NCCC)C(=C(N)COC)C(c2ccc(Cl)cc2)N1c1cc(C)c2nnc(C)n2c1. The fraction of sp³-hybridized carbons (Fsp3) is 0.320. The normalized spacial score (nSPS) is 19.2. The molecule has 3 aromatic rings. The van der Waals surface area contributed by atoms with E-state index < -0.39 is 0 Å². The van der Waals surface area contributed by atoms with Crippen molar-refractivity contribution in [1.82, 2.24) is 14.6 Å². The molecule has 0 bridgehead atoms. The predicted molar refractivity (Wildman–Crippen MR) is 134 cm³/mol. The second-order valence-electron chi connectivity index (χ2n) is 8.20. The van der Waals surface area contributed by atoms with Crippen LogP contribution in [0.3, 0.4) is 0 Å². The first-order chi connectivity index (χ1) is 15.9. The van der Waals surface area contributed by atoms with Crippen LogP contribution in [0.5, 0.6) is 0 Å². The molecule has 2 N–H and O–H groups in total. The largest absolute Gasteiger partial charge is 0.400 e. The Hall–Kier alpha value is -3.16. The zero-order chi connectivity index (χ0) is 23.7. The Labute approximate surface area is 199 Å². The number of hydrogen-bond acceptors (Lipinski definition) is 6. The topological polar surface area (TPSA) is 81.0 Å². The summed E-state index contributed by atoms with van der Waals surface area (Å²) in [5.74, 6) is 0.817. The molecule has 2 aromatic heterocycles. The number of methoxy groups -OCH3 is 1. The number of fused-ring (bicyclic) bond motifs is 1. The van der Waals surface area contributed by atoms with Gasteiger partial charge in [0.25, 0.3) is 0 Å². The zero-order valence-corrected chi connectivity index (χ0v) is 20.2. The van der Waals surface area contributed by atoms with E-state index in [4.69, 9.17) is 27.1 Å². The summed E-state index contributed by atoms with van der Waals surface area (Å²) < 4.78 is 7.40. The third-order valence-corrected chi connectivity index (χ3v) is 6.05. The third kappa shape index (κ3) is 4.14. The predicted octanol–water partition coefficient (Wildman–Crippen LogP) is 4.78. The van der Waals surface area contributed by atoms with Gasteiger partial charge in [0.1, 0.15) is 5.82 Å². The van der Waals surface area contributed by atoms with Crippen molar-refractivity contribution in [2.24, 2.45) is 10.7 Å². The molecule has 1 saturated heterocycles. The number of nitrogens with zero attached hydrogens (tertiary/aromatic N) is 5. The molecule has 8 heteroatoms. The highest BCUT2D eigenvalue weighted by Crippen LogP contribution is 2.45. The number of aromatic nitrogens is 3. The molecular weight excluding hydrogens is 436 g/mol. The van der Waals surface area contributed by atoms with Gasteiger partial charge in [-0.2, -0.15) is 0 Å². The summed E-state index contributed by atoms with van der Waals surface area (Å²) in [5, 5.41) is 9.22. The first-order valence-electron chi connectivity index (χ1n) is 11.0. The Bertz CT molecular complexity index is 1260. The Balaban J connectivity index is 1.99. The minimum atomic E-state index is -0.228. The molecule has 33 heavy (non-hydrogen) atoms. The summed E-state index contributed by atoms with van der Waals surface area (Å²) in [5.41, 5.74) is 13.6. The molecule has 0 radical (unpaired) electrons. The molecule has 1 unspecified atom stereocenters. The van der Waals surface area contributed by atoms with Gasteiger partial charge >= 0.3 is 0 Å². The highest BCUT2D eigenvalue weighted by molar-refractivity contribution is 6.30. The van der Waals surface area contributed by atoms with Gasteiger partial charge in [0.05, 0.1) is 29.7 Å². The van der Waals surface area contributed by atoms with E-state index in [-0.39, 0.29) is 6.04 Å². The van der Waals surface area contributed by atoms with E-state index in [1.165, 1.54) is 0 Å². The van der Waals surface area contributed by atoms with Gasteiger partial charge in [-0.25, -0.2) is 0 Å². The quantitative estimate of drug-likeness (QED) is 0.567. The molecule has 0 aliphatic carbocycles. The number of benzene rings is 1. The number of hydrogen-bond donors (Lipinski definition) is 1. The maximum Gasteiger partial charge on any atom is 0.163 e. The molecule has 0 amide bonds. The van der Waals surface area contributed by atoms with Crippen molar-refractivity contribution in [3.63, 3.8) is 0 Å². The van der Waals surface area contributed by atoms with E-state index in [0.717, 1.165) is 51.7 Å². The molecule has 0 saturated carbocycles. The summed E-state index contributed by atoms with van der Waals surface area (Å²) in [6.45, 7) is 11.5. The summed E-state index contributed by atoms with van der Waals surface area (Å²) >= 11 is 6.21. The smallest absolute Gasteiger partial charge is 0.163 e. The maximum absolute atomic E-state index is 6.59. The number of halogens is 1. The average molecular weight is 465 g/mol. The third-order valence-electron chi connectivity index (χ3n) is 5.80. The lowest BCUT2D eigenvalue weighted by molar-refractivity contribution is 0.224. The average Bonchev–Trinajstić information content (AvgIpc) is 3.30. The minimum Gasteiger partial charge on any atom is -0.400 e. The molecule has 1 atom stereocenters. The highest BCUT2D eigenvalue weighted by atomic mass is 35.5. The van der Waals surface area contributed by atoms with Crippen molar-refractivity contribution >= 4 is 28.6 Å². The zero-order valence-electron chi connectivity index (χ0n) is 19.5. The van der Waals surface area contributed by atoms with Gasteiger partial charge in [-0.05, 0) is 49.6 Å². The van der Waals surface area contributed by atoms with Crippen LogP contribution in [0.15, 0.2) is 65.1 Å². The number of allylic oxidation sites excluding steroid dienone is 1. The number of nitrogens with two attached hydrogens (primary N) is 1. The summed E-state index contributed by atoms with van der Waals surface area (Å²) in [7, 11) is 1.64. The lowest BCUT2D eigenvalue weighted by atomic mass is 9.96. The number of ether oxygens (including phenoxy) is 1. The molecular formula is C25H29ClN6O. The van der Waals surface area contributed by atoms with E-state index in [1.807, 2.05) is 48.7 Å². The van der Waals surface area contributed by atoms with Crippen molar-refractivity contribution in [1.29, 1.82) is 0 Å². The van der Waals surface area contributed by atoms with Crippen molar-refractivity contribution < 1.29 is 4.74 Å². The van der Waals surface area contributed by atoms with Crippen molar-refractivity contribution in [2.45, 2.75) is 33.2 Å². The van der Waals surface area contributed by atoms with E-state index in [0.29, 0.717) is 23.9 Å². The number of aryl methyl sites for hydroxylation is 2. The van der Waals surface area contributed by atoms with Crippen LogP contribution in [0.4, 0.5) is 5.69 Å². The van der Waals surface area contributed by atoms with E-state index in [1.54, 1.807) is 7.11 Å². The number of pyridine rings is 1. The van der Waals surface area contributed by atoms with Gasteiger partial charge in [0, 0.05) is 36.1 Å². The maximum atomic E-state index is 6.59. The monoisotopic (exact) mass is 464 g/mol. The molecule has 1 fully saturated rings. The van der Waals surface area contributed by atoms with Gasteiger partial charge in [-0.15, -0.1) is 10.2 Å². The van der Waals surface area contributed by atoms with Crippen molar-refractivity contribution in [2.75, 3.05) is 25.2 Å². The molecule has 4 rings (SSSR count). The first kappa shape index (κ1) is 23.0. The van der Waals surface area contributed by atoms with Crippen LogP contribution in [0, 0.1) is 13.8 Å². The van der Waals surface area contributed by atoms with Gasteiger partial charge < -0.3 is 15.4 Å². The van der Waals surface area contributed by atoms with Gasteiger partial charge in [-0.1, -0.05) is 37.2 Å². The molecule has 0 spiro atoms. The van der Waals surface area contributed by atoms with Crippen LogP contribution in [-0.2, 0) is 4.74 Å². The molecule has 1 aliphatic heterocycles. The van der Waals surface area contributed by atoms with Crippen LogP contribution in [-0.4, -0.2) is 40.6 Å². The van der Waals surface area contributed by atoms with Crippen LogP contribution < -0.4 is 10.6 Å². The van der Waals surface area contributed by atoms with E-state index in [2.05, 4.69) is 34.7 Å². The number of aliphatic imine (C=N–C) groups is 1. The summed E-state index contributed by atoms with van der Waals surface area (Å²) in [6, 6.07) is 9.69. The lowest BCUT2D eigenvalue weighted by Crippen LogP contribution is -2.23. The Morgan fingerprint density at radius 1 is 1.24 bits per heavy atom. The number of rotatable bonds is 6. The van der Waals surface area contributed by atoms with Crippen molar-refractivity contribution in [3.05, 3.63) is 82.0 Å². The Kier molecular flexibility index (Phi) is 6.54. The van der Waals surface area contributed by atoms with Gasteiger partial charge in [-0.3, -0.25) is 9.39 Å². The lowest BCUT2D eigenvalue weighted by Gasteiger charge is -2.28. The molecule has 172 valence electrons. The standard InChI is InChI=1S/C25H29ClN6O/c1-6-11-28-23-16(3)32(20-12-15(2)25-30-29-17(4)31(25)13-20)24(22(23)21(27)14-33-5)18-7-9-19(26)10-8-18/h7-10,12-13,24H,3,6,11,14,27H2,1-2,4-5H3. The Morgan fingerprint density at radius 2 is 1.97 bits per heavy atom. The van der Waals surface area contributed by atoms with Crippen LogP contribution in [0.2, 0.25) is 5.02 Å². The fourth-order valence-corrected chi connectivity index (χ4v) is 4.42. The second kappa shape index (κ2) is 9.37. The van der Waals surface area contributed by atoms with E-state index in [9.17, 15) is 0 Å². The molecule has 1 aliphatic rings. The van der Waals surface area contributed by atoms with Crippen molar-refractivity contribution in [3.8, 4) is 0 Å². The van der Waals surface area contributed by atoms with Crippen LogP contribution in [0.1, 0.15) is 36.3 Å². The summed E-state index contributed by atoms with van der Waals surface area (Å²) in [4.78, 5) is 7.08. The fourth-order valence-electron chi connectivity index (χ4n) is 4.29. The van der Waals surface area contributed by atoms with Crippen LogP contribution >= 0.6 is 11.6 Å². The van der Waals surface area contributed by atoms with Crippen LogP contribution in [0.25, 0.3) is 5.65 Å². The number of anilines is 1. The van der Waals surface area contributed by atoms with E-state index >= 15 is 0 Å². The second-order valence-corrected chi connectivity index (χ2v) is 8.63. The molecule has 7 nitrogen and oxygen atoms in total. The molecule has 3 heterocycles. The minimum absolute atomic E-state index is 0.228. The first-order valence-corrected chi connectivity index (χ1v) is 11.3. The highest BCUT2D eigenvalue weighted by Gasteiger charge is 2.40. The van der Waals surface area contributed by atoms with Gasteiger partial charge in [0.2, 0.25) is 0 Å². The Morgan fingerprint density at radius 3 is 2.64 bits per heavy atom. The molecule has 1 aromatic carbocycles. The summed E-state index contributed by atoms with van der Waals surface area (Å²) in [6.07, 6.45) is 2.96.